The van der Waals surface area contributed by atoms with Gasteiger partial charge in [-0.1, -0.05) is 72.9 Å². The molecule has 1 atom stereocenters. The summed E-state index contributed by atoms with van der Waals surface area (Å²) in [7, 11) is -4.15. The van der Waals surface area contributed by atoms with Gasteiger partial charge in [-0.2, -0.15) is 0 Å². The van der Waals surface area contributed by atoms with E-state index in [0.717, 1.165) is 17.1 Å². The van der Waals surface area contributed by atoms with E-state index in [2.05, 4.69) is 5.32 Å². The summed E-state index contributed by atoms with van der Waals surface area (Å²) in [6.07, 6.45) is 1.71. The molecule has 0 aliphatic rings. The Balaban J connectivity index is 2.03. The first-order valence-corrected chi connectivity index (χ1v) is 14.9. The van der Waals surface area contributed by atoms with Gasteiger partial charge in [0.2, 0.25) is 11.8 Å². The standard InChI is InChI=1S/C29H33Cl2N3O4S/c1-4-5-17-32-29(36)22(3)33(19-23-11-9-10-14-26(23)31)28(35)20-34(27-16-15-24(30)18-21(27)2)39(37,38)25-12-7-6-8-13-25/h6-16,18,22H,4-5,17,19-20H2,1-3H3,(H,32,36). The van der Waals surface area contributed by atoms with E-state index >= 15 is 0 Å². The van der Waals surface area contributed by atoms with Crippen LogP contribution in [0.5, 0.6) is 0 Å². The van der Waals surface area contributed by atoms with Crippen LogP contribution in [0, 0.1) is 6.92 Å². The Labute approximate surface area is 240 Å². The quantitative estimate of drug-likeness (QED) is 0.269. The molecule has 208 valence electrons. The van der Waals surface area contributed by atoms with E-state index in [-0.39, 0.29) is 17.3 Å². The maximum Gasteiger partial charge on any atom is 0.264 e. The van der Waals surface area contributed by atoms with Crippen LogP contribution < -0.4 is 9.62 Å². The summed E-state index contributed by atoms with van der Waals surface area (Å²) >= 11 is 12.5. The zero-order chi connectivity index (χ0) is 28.6. The summed E-state index contributed by atoms with van der Waals surface area (Å²) in [6.45, 7) is 5.34. The number of anilines is 1. The second kappa shape index (κ2) is 13.8. The number of sulfonamides is 1. The molecule has 0 saturated heterocycles. The van der Waals surface area contributed by atoms with Crippen molar-refractivity contribution in [3.63, 3.8) is 0 Å². The van der Waals surface area contributed by atoms with Crippen molar-refractivity contribution in [3.05, 3.63) is 94.0 Å². The zero-order valence-electron chi connectivity index (χ0n) is 22.2. The first kappa shape index (κ1) is 30.5. The molecule has 3 aromatic rings. The molecule has 10 heteroatoms. The van der Waals surface area contributed by atoms with E-state index in [9.17, 15) is 18.0 Å². The minimum Gasteiger partial charge on any atom is -0.354 e. The fraction of sp³-hybridized carbons (Fsp3) is 0.310. The predicted molar refractivity (Wildman–Crippen MR) is 157 cm³/mol. The first-order chi connectivity index (χ1) is 18.6. The molecule has 0 saturated carbocycles. The normalized spacial score (nSPS) is 12.0. The summed E-state index contributed by atoms with van der Waals surface area (Å²) in [6, 6.07) is 18.9. The minimum atomic E-state index is -4.15. The Kier molecular flexibility index (Phi) is 10.8. The lowest BCUT2D eigenvalue weighted by molar-refractivity contribution is -0.139. The monoisotopic (exact) mass is 589 g/mol. The molecule has 7 nitrogen and oxygen atoms in total. The number of carbonyl (C=O) groups is 2. The van der Waals surface area contributed by atoms with Crippen molar-refractivity contribution in [2.45, 2.75) is 51.1 Å². The van der Waals surface area contributed by atoms with Gasteiger partial charge in [0.15, 0.2) is 0 Å². The number of unbranched alkanes of at least 4 members (excludes halogenated alkanes) is 1. The number of hydrogen-bond donors (Lipinski definition) is 1. The third-order valence-electron chi connectivity index (χ3n) is 6.33. The number of amides is 2. The van der Waals surface area contributed by atoms with Gasteiger partial charge in [0.05, 0.1) is 10.6 Å². The highest BCUT2D eigenvalue weighted by Gasteiger charge is 2.33. The number of hydrogen-bond acceptors (Lipinski definition) is 4. The van der Waals surface area contributed by atoms with E-state index in [1.54, 1.807) is 74.5 Å². The van der Waals surface area contributed by atoms with Crippen LogP contribution in [-0.4, -0.2) is 44.3 Å². The Morgan fingerprint density at radius 2 is 1.64 bits per heavy atom. The van der Waals surface area contributed by atoms with Crippen molar-refractivity contribution in [2.75, 3.05) is 17.4 Å². The van der Waals surface area contributed by atoms with Crippen LogP contribution in [0.25, 0.3) is 0 Å². The smallest absolute Gasteiger partial charge is 0.264 e. The Hall–Kier alpha value is -3.07. The van der Waals surface area contributed by atoms with Gasteiger partial charge in [0.1, 0.15) is 12.6 Å². The molecule has 3 rings (SSSR count). The molecule has 0 bridgehead atoms. The van der Waals surface area contributed by atoms with Gasteiger partial charge < -0.3 is 10.2 Å². The van der Waals surface area contributed by atoms with Crippen LogP contribution in [0.3, 0.4) is 0 Å². The molecule has 1 unspecified atom stereocenters. The Morgan fingerprint density at radius 1 is 0.974 bits per heavy atom. The van der Waals surface area contributed by atoms with E-state index in [0.29, 0.717) is 33.4 Å². The third kappa shape index (κ3) is 7.75. The van der Waals surface area contributed by atoms with E-state index in [4.69, 9.17) is 23.2 Å². The van der Waals surface area contributed by atoms with Crippen LogP contribution in [0.1, 0.15) is 37.8 Å². The van der Waals surface area contributed by atoms with E-state index in [1.165, 1.54) is 17.0 Å². The fourth-order valence-corrected chi connectivity index (χ4v) is 5.98. The van der Waals surface area contributed by atoms with Gasteiger partial charge in [-0.15, -0.1) is 0 Å². The molecule has 0 fully saturated rings. The highest BCUT2D eigenvalue weighted by atomic mass is 35.5. The maximum atomic E-state index is 13.9. The molecule has 39 heavy (non-hydrogen) atoms. The fourth-order valence-electron chi connectivity index (χ4n) is 4.06. The highest BCUT2D eigenvalue weighted by molar-refractivity contribution is 7.92. The summed E-state index contributed by atoms with van der Waals surface area (Å²) in [5.41, 5.74) is 1.54. The number of benzene rings is 3. The van der Waals surface area contributed by atoms with E-state index < -0.39 is 28.5 Å². The van der Waals surface area contributed by atoms with Crippen molar-refractivity contribution in [1.29, 1.82) is 0 Å². The number of nitrogens with zero attached hydrogens (tertiary/aromatic N) is 2. The summed E-state index contributed by atoms with van der Waals surface area (Å²) in [5.74, 6) is -0.883. The van der Waals surface area contributed by atoms with Gasteiger partial charge in [-0.3, -0.25) is 13.9 Å². The molecular weight excluding hydrogens is 557 g/mol. The Morgan fingerprint density at radius 3 is 2.28 bits per heavy atom. The lowest BCUT2D eigenvalue weighted by Crippen LogP contribution is -2.51. The maximum absolute atomic E-state index is 13.9. The molecule has 0 heterocycles. The number of halogens is 2. The number of aryl methyl sites for hydroxylation is 1. The number of nitrogens with one attached hydrogen (secondary N) is 1. The second-order valence-corrected chi connectivity index (χ2v) is 11.9. The Bertz CT molecular complexity index is 1400. The minimum absolute atomic E-state index is 0.0275. The molecule has 0 aliphatic heterocycles. The molecular formula is C29H33Cl2N3O4S. The van der Waals surface area contributed by atoms with Crippen LogP contribution in [0.4, 0.5) is 5.69 Å². The second-order valence-electron chi connectivity index (χ2n) is 9.19. The van der Waals surface area contributed by atoms with Crippen LogP contribution in [0.15, 0.2) is 77.7 Å². The largest absolute Gasteiger partial charge is 0.354 e. The van der Waals surface area contributed by atoms with Crippen LogP contribution >= 0.6 is 23.2 Å². The SMILES string of the molecule is CCCCNC(=O)C(C)N(Cc1ccccc1Cl)C(=O)CN(c1ccc(Cl)cc1C)S(=O)(=O)c1ccccc1. The molecule has 2 amide bonds. The van der Waals surface area contributed by atoms with Gasteiger partial charge in [-0.05, 0) is 67.8 Å². The van der Waals surface area contributed by atoms with Gasteiger partial charge in [-0.25, -0.2) is 8.42 Å². The van der Waals surface area contributed by atoms with Crippen molar-refractivity contribution < 1.29 is 18.0 Å². The summed E-state index contributed by atoms with van der Waals surface area (Å²) < 4.78 is 28.7. The molecule has 0 aliphatic carbocycles. The topological polar surface area (TPSA) is 86.8 Å². The van der Waals surface area contributed by atoms with Gasteiger partial charge >= 0.3 is 0 Å². The average Bonchev–Trinajstić information content (AvgIpc) is 2.91. The van der Waals surface area contributed by atoms with Crippen molar-refractivity contribution in [2.24, 2.45) is 0 Å². The molecule has 1 N–H and O–H groups in total. The first-order valence-electron chi connectivity index (χ1n) is 12.7. The van der Waals surface area contributed by atoms with E-state index in [1.807, 2.05) is 6.92 Å². The van der Waals surface area contributed by atoms with Gasteiger partial charge in [0, 0.05) is 23.1 Å². The average molecular weight is 591 g/mol. The number of carbonyl (C=O) groups excluding carboxylic acids is 2. The van der Waals surface area contributed by atoms with Crippen LogP contribution in [-0.2, 0) is 26.2 Å². The van der Waals surface area contributed by atoms with Crippen molar-refractivity contribution in [3.8, 4) is 0 Å². The summed E-state index contributed by atoms with van der Waals surface area (Å²) in [5, 5.41) is 3.75. The lowest BCUT2D eigenvalue weighted by Gasteiger charge is -2.32. The molecule has 0 radical (unpaired) electrons. The highest BCUT2D eigenvalue weighted by Crippen LogP contribution is 2.29. The lowest BCUT2D eigenvalue weighted by atomic mass is 10.1. The molecule has 3 aromatic carbocycles. The molecule has 0 aromatic heterocycles. The van der Waals surface area contributed by atoms with Crippen molar-refractivity contribution in [1.82, 2.24) is 10.2 Å². The number of rotatable bonds is 12. The zero-order valence-corrected chi connectivity index (χ0v) is 24.6. The predicted octanol–water partition coefficient (Wildman–Crippen LogP) is 5.83. The molecule has 0 spiro atoms. The third-order valence-corrected chi connectivity index (χ3v) is 8.71. The van der Waals surface area contributed by atoms with Crippen LogP contribution in [0.2, 0.25) is 10.0 Å². The van der Waals surface area contributed by atoms with Gasteiger partial charge in [0.25, 0.3) is 10.0 Å². The summed E-state index contributed by atoms with van der Waals surface area (Å²) in [4.78, 5) is 28.4. The van der Waals surface area contributed by atoms with Crippen molar-refractivity contribution >= 4 is 50.7 Å².